The molecule has 4 aromatic rings. The standard InChI is InChI=1S/C40H43N3O8S/c1-17-7-8-26-23(11-17)22-9-10-41-40(37(22)51-26)15-52-36-27-19(3)20(4)34-35(50-16-49-34)29(27)25(14-48-39(40)46)43-31(36)30-28-21(13-24(38(43)45)42(30)5)12-18(2)33(47-6)32(28)44/h7-8,11-12,24-25,30-31,36,38,41,44-45H,9-10,13-16H2,1-6H3/t24-,25-,30+,31+,36+,38-,40+/m0/s1. The highest BCUT2D eigenvalue weighted by Gasteiger charge is 2.61. The molecule has 12 heteroatoms. The van der Waals surface area contributed by atoms with Crippen molar-refractivity contribution in [3.63, 3.8) is 0 Å². The summed E-state index contributed by atoms with van der Waals surface area (Å²) in [5.74, 6) is 2.49. The smallest absolute Gasteiger partial charge is 0.335 e. The van der Waals surface area contributed by atoms with E-state index in [1.165, 1.54) is 0 Å². The van der Waals surface area contributed by atoms with Gasteiger partial charge < -0.3 is 33.6 Å². The van der Waals surface area contributed by atoms with Crippen molar-refractivity contribution in [2.24, 2.45) is 0 Å². The summed E-state index contributed by atoms with van der Waals surface area (Å²) in [5, 5.41) is 28.9. The number of nitrogens with zero attached hydrogens (tertiary/aromatic N) is 2. The van der Waals surface area contributed by atoms with Crippen molar-refractivity contribution in [3.05, 3.63) is 80.1 Å². The number of aliphatic hydroxyl groups excluding tert-OH is 1. The molecule has 0 saturated carbocycles. The molecule has 4 bridgehead atoms. The molecule has 7 atom stereocenters. The molecule has 0 radical (unpaired) electrons. The van der Waals surface area contributed by atoms with Gasteiger partial charge >= 0.3 is 5.97 Å². The molecule has 2 saturated heterocycles. The van der Waals surface area contributed by atoms with Crippen molar-refractivity contribution in [2.45, 2.75) is 81.7 Å². The zero-order chi connectivity index (χ0) is 36.0. The van der Waals surface area contributed by atoms with E-state index >= 15 is 0 Å². The zero-order valence-electron chi connectivity index (χ0n) is 30.2. The molecule has 3 N–H and O–H groups in total. The molecule has 2 fully saturated rings. The van der Waals surface area contributed by atoms with Crippen molar-refractivity contribution in [1.29, 1.82) is 0 Å². The van der Waals surface area contributed by atoms with Crippen molar-refractivity contribution >= 4 is 28.7 Å². The number of fused-ring (bicyclic) bond motifs is 11. The molecule has 7 aliphatic heterocycles. The second-order valence-corrected chi connectivity index (χ2v) is 16.5. The van der Waals surface area contributed by atoms with Gasteiger partial charge in [0.05, 0.1) is 25.2 Å². The van der Waals surface area contributed by atoms with Crippen LogP contribution in [-0.4, -0.2) is 84.1 Å². The van der Waals surface area contributed by atoms with Crippen LogP contribution in [0.25, 0.3) is 11.0 Å². The third-order valence-electron chi connectivity index (χ3n) is 12.9. The number of carbonyl (C=O) groups is 1. The third-order valence-corrected chi connectivity index (χ3v) is 14.3. The van der Waals surface area contributed by atoms with Gasteiger partial charge in [-0.05, 0) is 87.5 Å². The molecule has 52 heavy (non-hydrogen) atoms. The SMILES string of the molecule is COc1c(C)cc2c(c1O)[C@@H]1[C@@H]3[C@@H]4SC[C@]5(NCCc6c5oc5ccc(C)cc65)C(=O)OC[C@@H](c5c6c(c(C)c(C)c54)OCO6)N3[C@@H](O)[C@H](C2)N1C. The first-order valence-corrected chi connectivity index (χ1v) is 19.2. The number of piperazine rings is 1. The van der Waals surface area contributed by atoms with Crippen LogP contribution in [0.3, 0.4) is 0 Å². The Morgan fingerprint density at radius 2 is 1.85 bits per heavy atom. The van der Waals surface area contributed by atoms with E-state index in [1.54, 1.807) is 18.9 Å². The number of hydrogen-bond acceptors (Lipinski definition) is 12. The number of phenolic OH excluding ortho intramolecular Hbond substituents is 1. The maximum Gasteiger partial charge on any atom is 0.335 e. The number of hydrogen-bond donors (Lipinski definition) is 3. The summed E-state index contributed by atoms with van der Waals surface area (Å²) in [6, 6.07) is 6.76. The minimum Gasteiger partial charge on any atom is -0.504 e. The quantitative estimate of drug-likeness (QED) is 0.225. The topological polar surface area (TPSA) is 126 Å². The van der Waals surface area contributed by atoms with Gasteiger partial charge in [0.2, 0.25) is 6.79 Å². The number of aryl methyl sites for hydroxylation is 2. The first-order chi connectivity index (χ1) is 25.1. The Hall–Kier alpha value is -3.94. The van der Waals surface area contributed by atoms with Gasteiger partial charge in [0.25, 0.3) is 0 Å². The summed E-state index contributed by atoms with van der Waals surface area (Å²) in [5.41, 5.74) is 8.47. The molecule has 1 aromatic heterocycles. The Labute approximate surface area is 306 Å². The van der Waals surface area contributed by atoms with E-state index in [-0.39, 0.29) is 42.5 Å². The second-order valence-electron chi connectivity index (χ2n) is 15.4. The average molecular weight is 726 g/mol. The summed E-state index contributed by atoms with van der Waals surface area (Å²) in [6.07, 6.45) is 0.361. The number of ether oxygens (including phenoxy) is 4. The molecule has 11 rings (SSSR count). The molecule has 0 aliphatic carbocycles. The summed E-state index contributed by atoms with van der Waals surface area (Å²) >= 11 is 1.67. The predicted molar refractivity (Wildman–Crippen MR) is 194 cm³/mol. The highest BCUT2D eigenvalue weighted by atomic mass is 32.2. The van der Waals surface area contributed by atoms with Gasteiger partial charge in [0, 0.05) is 45.7 Å². The van der Waals surface area contributed by atoms with Gasteiger partial charge in [0.15, 0.2) is 28.5 Å². The number of methoxy groups -OCH3 is 1. The van der Waals surface area contributed by atoms with Crippen molar-refractivity contribution in [3.8, 4) is 23.0 Å². The van der Waals surface area contributed by atoms with E-state index in [0.29, 0.717) is 41.7 Å². The molecule has 7 aliphatic rings. The van der Waals surface area contributed by atoms with E-state index in [0.717, 1.165) is 67.5 Å². The Balaban J connectivity index is 1.22. The molecular formula is C40H43N3O8S. The lowest BCUT2D eigenvalue weighted by molar-refractivity contribution is -0.186. The number of carbonyl (C=O) groups excluding carboxylic acids is 1. The van der Waals surface area contributed by atoms with Crippen LogP contribution in [-0.2, 0) is 27.9 Å². The highest BCUT2D eigenvalue weighted by Crippen LogP contribution is 2.63. The van der Waals surface area contributed by atoms with Gasteiger partial charge in [-0.3, -0.25) is 15.1 Å². The number of aliphatic hydroxyl groups is 1. The van der Waals surface area contributed by atoms with Gasteiger partial charge in [-0.1, -0.05) is 17.7 Å². The van der Waals surface area contributed by atoms with E-state index in [4.69, 9.17) is 23.4 Å². The number of rotatable bonds is 1. The number of esters is 1. The van der Waals surface area contributed by atoms with Crippen LogP contribution >= 0.6 is 11.8 Å². The van der Waals surface area contributed by atoms with E-state index in [9.17, 15) is 15.0 Å². The fourth-order valence-electron chi connectivity index (χ4n) is 10.4. The van der Waals surface area contributed by atoms with E-state index in [2.05, 4.69) is 48.0 Å². The van der Waals surface area contributed by atoms with Crippen molar-refractivity contribution < 1.29 is 38.4 Å². The normalized spacial score (nSPS) is 30.5. The number of phenols is 1. The number of aromatic hydroxyl groups is 1. The Bertz CT molecular complexity index is 2220. The van der Waals surface area contributed by atoms with Gasteiger partial charge in [0.1, 0.15) is 24.2 Å². The lowest BCUT2D eigenvalue weighted by atomic mass is 9.72. The first-order valence-electron chi connectivity index (χ1n) is 18.1. The number of thioether (sulfide) groups is 1. The molecule has 11 nitrogen and oxygen atoms in total. The fourth-order valence-corrected chi connectivity index (χ4v) is 12.1. The molecule has 0 unspecified atom stereocenters. The minimum absolute atomic E-state index is 0.0214. The molecule has 272 valence electrons. The molecule has 0 amide bonds. The summed E-state index contributed by atoms with van der Waals surface area (Å²) in [6.45, 7) is 8.88. The second kappa shape index (κ2) is 11.3. The van der Waals surface area contributed by atoms with Crippen LogP contribution in [0.4, 0.5) is 0 Å². The Kier molecular flexibility index (Phi) is 7.09. The average Bonchev–Trinajstić information content (AvgIpc) is 3.76. The highest BCUT2D eigenvalue weighted by molar-refractivity contribution is 7.99. The summed E-state index contributed by atoms with van der Waals surface area (Å²) < 4.78 is 31.2. The largest absolute Gasteiger partial charge is 0.504 e. The van der Waals surface area contributed by atoms with Crippen LogP contribution in [0.1, 0.15) is 73.2 Å². The third kappa shape index (κ3) is 4.10. The molecule has 3 aromatic carbocycles. The molecular weight excluding hydrogens is 683 g/mol. The van der Waals surface area contributed by atoms with Crippen LogP contribution in [0.5, 0.6) is 23.0 Å². The minimum atomic E-state index is -1.23. The van der Waals surface area contributed by atoms with Crippen LogP contribution in [0.15, 0.2) is 28.7 Å². The molecule has 8 heterocycles. The van der Waals surface area contributed by atoms with Crippen LogP contribution in [0.2, 0.25) is 0 Å². The summed E-state index contributed by atoms with van der Waals surface area (Å²) in [4.78, 5) is 19.1. The number of benzene rings is 3. The van der Waals surface area contributed by atoms with Gasteiger partial charge in [-0.25, -0.2) is 4.79 Å². The number of nitrogens with one attached hydrogen (secondary N) is 1. The lowest BCUT2D eigenvalue weighted by Gasteiger charge is -2.62. The van der Waals surface area contributed by atoms with Gasteiger partial charge in [-0.15, -0.1) is 11.8 Å². The monoisotopic (exact) mass is 725 g/mol. The maximum absolute atomic E-state index is 14.7. The van der Waals surface area contributed by atoms with Crippen molar-refractivity contribution in [1.82, 2.24) is 15.1 Å². The Morgan fingerprint density at radius 3 is 2.65 bits per heavy atom. The van der Waals surface area contributed by atoms with Crippen LogP contribution < -0.4 is 19.5 Å². The van der Waals surface area contributed by atoms with Crippen molar-refractivity contribution in [2.75, 3.05) is 39.9 Å². The van der Waals surface area contributed by atoms with E-state index in [1.807, 2.05) is 26.1 Å². The first kappa shape index (κ1) is 32.7. The van der Waals surface area contributed by atoms with E-state index < -0.39 is 23.8 Å². The number of likely N-dealkylation sites (N-methyl/N-ethyl adjacent to an activating group) is 1. The maximum atomic E-state index is 14.7. The van der Waals surface area contributed by atoms with Crippen LogP contribution in [0, 0.1) is 27.7 Å². The predicted octanol–water partition coefficient (Wildman–Crippen LogP) is 5.14. The molecule has 1 spiro atoms. The Morgan fingerprint density at radius 1 is 1.04 bits per heavy atom. The fraction of sp³-hybridized carbons (Fsp3) is 0.475. The summed E-state index contributed by atoms with van der Waals surface area (Å²) in [7, 11) is 3.64. The van der Waals surface area contributed by atoms with Gasteiger partial charge in [-0.2, -0.15) is 0 Å². The lowest BCUT2D eigenvalue weighted by Crippen LogP contribution is -2.70. The zero-order valence-corrected chi connectivity index (χ0v) is 31.0. The number of furan rings is 1.